The zero-order valence-electron chi connectivity index (χ0n) is 13.1. The maximum absolute atomic E-state index is 10.8. The van der Waals surface area contributed by atoms with Gasteiger partial charge in [-0.2, -0.15) is 5.10 Å². The number of hydrogen-bond acceptors (Lipinski definition) is 3. The Morgan fingerprint density at radius 1 is 1.24 bits per heavy atom. The molecule has 120 valence electrons. The van der Waals surface area contributed by atoms with Crippen LogP contribution in [0.1, 0.15) is 63.8 Å². The van der Waals surface area contributed by atoms with E-state index in [9.17, 15) is 10.2 Å². The minimum Gasteiger partial charge on any atom is -0.390 e. The van der Waals surface area contributed by atoms with E-state index >= 15 is 0 Å². The minimum absolute atomic E-state index is 0.456. The van der Waals surface area contributed by atoms with Crippen LogP contribution in [0.3, 0.4) is 0 Å². The lowest BCUT2D eigenvalue weighted by atomic mass is 9.86. The molecule has 1 aromatic rings. The summed E-state index contributed by atoms with van der Waals surface area (Å²) < 4.78 is 2.93. The lowest BCUT2D eigenvalue weighted by molar-refractivity contribution is -0.0843. The third kappa shape index (κ3) is 3.69. The molecule has 2 N–H and O–H groups in total. The molecular weight excluding hydrogens is 332 g/mol. The number of nitrogens with zero attached hydrogens (tertiary/aromatic N) is 2. The molecule has 1 atom stereocenters. The van der Waals surface area contributed by atoms with Gasteiger partial charge in [0.1, 0.15) is 0 Å². The van der Waals surface area contributed by atoms with Gasteiger partial charge in [0, 0.05) is 13.0 Å². The molecule has 1 aromatic heterocycles. The smallest absolute Gasteiger partial charge is 0.0909 e. The van der Waals surface area contributed by atoms with Crippen molar-refractivity contribution >= 4 is 15.9 Å². The molecule has 1 unspecified atom stereocenters. The van der Waals surface area contributed by atoms with Crippen LogP contribution >= 0.6 is 15.9 Å². The summed E-state index contributed by atoms with van der Waals surface area (Å²) in [6.45, 7) is 4.90. The number of aromatic nitrogens is 2. The van der Waals surface area contributed by atoms with Crippen molar-refractivity contribution in [1.82, 2.24) is 9.78 Å². The molecule has 0 aliphatic heterocycles. The van der Waals surface area contributed by atoms with Crippen LogP contribution in [0.25, 0.3) is 0 Å². The molecular formula is C16H27BrN2O2. The number of aliphatic hydroxyl groups excluding tert-OH is 1. The molecule has 1 saturated carbocycles. The molecule has 1 aliphatic carbocycles. The van der Waals surface area contributed by atoms with Crippen LogP contribution in [0.5, 0.6) is 0 Å². The quantitative estimate of drug-likeness (QED) is 0.794. The molecule has 0 saturated heterocycles. The van der Waals surface area contributed by atoms with Crippen LogP contribution in [0.4, 0.5) is 0 Å². The van der Waals surface area contributed by atoms with E-state index in [-0.39, 0.29) is 0 Å². The highest BCUT2D eigenvalue weighted by Gasteiger charge is 2.36. The molecule has 0 bridgehead atoms. The van der Waals surface area contributed by atoms with Crippen molar-refractivity contribution in [2.75, 3.05) is 0 Å². The van der Waals surface area contributed by atoms with Gasteiger partial charge in [-0.1, -0.05) is 32.6 Å². The second kappa shape index (κ2) is 7.25. The summed E-state index contributed by atoms with van der Waals surface area (Å²) >= 11 is 3.61. The van der Waals surface area contributed by atoms with Crippen LogP contribution in [0, 0.1) is 0 Å². The van der Waals surface area contributed by atoms with Crippen LogP contribution in [0.2, 0.25) is 0 Å². The van der Waals surface area contributed by atoms with Gasteiger partial charge in [-0.15, -0.1) is 0 Å². The van der Waals surface area contributed by atoms with Gasteiger partial charge in [0.05, 0.1) is 27.6 Å². The van der Waals surface area contributed by atoms with Crippen LogP contribution < -0.4 is 0 Å². The number of halogens is 1. The summed E-state index contributed by atoms with van der Waals surface area (Å²) in [5, 5.41) is 26.0. The van der Waals surface area contributed by atoms with Crippen molar-refractivity contribution in [3.05, 3.63) is 15.9 Å². The fourth-order valence-corrected chi connectivity index (χ4v) is 3.99. The van der Waals surface area contributed by atoms with Crippen LogP contribution in [-0.2, 0) is 19.4 Å². The fourth-order valence-electron chi connectivity index (χ4n) is 3.26. The van der Waals surface area contributed by atoms with Gasteiger partial charge in [0.25, 0.3) is 0 Å². The summed E-state index contributed by atoms with van der Waals surface area (Å²) in [5.74, 6) is 0. The normalized spacial score (nSPS) is 20.2. The fraction of sp³-hybridized carbons (Fsp3) is 0.812. The topological polar surface area (TPSA) is 58.3 Å². The average molecular weight is 359 g/mol. The van der Waals surface area contributed by atoms with E-state index < -0.39 is 11.7 Å². The number of aliphatic hydroxyl groups is 2. The minimum atomic E-state index is -0.939. The lowest BCUT2D eigenvalue weighted by Crippen LogP contribution is -2.43. The Morgan fingerprint density at radius 3 is 2.38 bits per heavy atom. The zero-order chi connectivity index (χ0) is 15.5. The molecule has 4 nitrogen and oxygen atoms in total. The summed E-state index contributed by atoms with van der Waals surface area (Å²) in [6.07, 6.45) is 6.32. The summed E-state index contributed by atoms with van der Waals surface area (Å²) in [4.78, 5) is 0. The van der Waals surface area contributed by atoms with Crippen LogP contribution in [0.15, 0.2) is 4.47 Å². The highest BCUT2D eigenvalue weighted by Crippen LogP contribution is 2.33. The standard InChI is InChI=1S/C16H27BrN2O2/c1-3-12-15(17)13(19(4-2)18-12)11-14(20)16(21)9-7-5-6-8-10-16/h14,20-21H,3-11H2,1-2H3. The summed E-state index contributed by atoms with van der Waals surface area (Å²) in [7, 11) is 0. The molecule has 0 radical (unpaired) electrons. The van der Waals surface area contributed by atoms with E-state index in [1.807, 2.05) is 4.68 Å². The second-order valence-electron chi connectivity index (χ2n) is 6.11. The van der Waals surface area contributed by atoms with Crippen molar-refractivity contribution in [2.45, 2.75) is 83.5 Å². The van der Waals surface area contributed by atoms with E-state index in [2.05, 4.69) is 34.9 Å². The SMILES string of the molecule is CCc1nn(CC)c(CC(O)C2(O)CCCCCC2)c1Br. The molecule has 1 aliphatic rings. The summed E-state index contributed by atoms with van der Waals surface area (Å²) in [5.41, 5.74) is 1.08. The molecule has 0 aromatic carbocycles. The van der Waals surface area contributed by atoms with Gasteiger partial charge in [0.2, 0.25) is 0 Å². The second-order valence-corrected chi connectivity index (χ2v) is 6.91. The molecule has 0 amide bonds. The first-order valence-electron chi connectivity index (χ1n) is 8.16. The molecule has 0 spiro atoms. The third-order valence-electron chi connectivity index (χ3n) is 4.67. The Bertz CT molecular complexity index is 465. The Kier molecular flexibility index (Phi) is 5.86. The molecule has 2 rings (SSSR count). The van der Waals surface area contributed by atoms with E-state index in [1.165, 1.54) is 0 Å². The highest BCUT2D eigenvalue weighted by atomic mass is 79.9. The van der Waals surface area contributed by atoms with Gasteiger partial charge in [-0.25, -0.2) is 0 Å². The van der Waals surface area contributed by atoms with Crippen molar-refractivity contribution in [1.29, 1.82) is 0 Å². The predicted molar refractivity (Wildman–Crippen MR) is 87.3 cm³/mol. The van der Waals surface area contributed by atoms with Crippen LogP contribution in [-0.4, -0.2) is 31.7 Å². The number of aryl methyl sites for hydroxylation is 2. The van der Waals surface area contributed by atoms with Crippen molar-refractivity contribution in [2.24, 2.45) is 0 Å². The van der Waals surface area contributed by atoms with Crippen molar-refractivity contribution in [3.8, 4) is 0 Å². The number of hydrogen-bond donors (Lipinski definition) is 2. The summed E-state index contributed by atoms with van der Waals surface area (Å²) in [6, 6.07) is 0. The Labute approximate surface area is 135 Å². The predicted octanol–water partition coefficient (Wildman–Crippen LogP) is 3.22. The Hall–Kier alpha value is -0.390. The van der Waals surface area contributed by atoms with Crippen molar-refractivity contribution < 1.29 is 10.2 Å². The zero-order valence-corrected chi connectivity index (χ0v) is 14.7. The Balaban J connectivity index is 2.18. The third-order valence-corrected chi connectivity index (χ3v) is 5.59. The molecule has 21 heavy (non-hydrogen) atoms. The first-order valence-corrected chi connectivity index (χ1v) is 8.95. The highest BCUT2D eigenvalue weighted by molar-refractivity contribution is 9.10. The first kappa shape index (κ1) is 17.0. The first-order chi connectivity index (χ1) is 10.0. The van der Waals surface area contributed by atoms with Gasteiger partial charge < -0.3 is 10.2 Å². The van der Waals surface area contributed by atoms with E-state index in [1.54, 1.807) is 0 Å². The van der Waals surface area contributed by atoms with E-state index in [0.29, 0.717) is 19.3 Å². The largest absolute Gasteiger partial charge is 0.390 e. The average Bonchev–Trinajstić information content (AvgIpc) is 2.65. The molecule has 5 heteroatoms. The maximum atomic E-state index is 10.8. The van der Waals surface area contributed by atoms with Gasteiger partial charge in [-0.05, 0) is 42.1 Å². The van der Waals surface area contributed by atoms with Gasteiger partial charge in [-0.3, -0.25) is 4.68 Å². The number of rotatable bonds is 5. The molecule has 1 fully saturated rings. The van der Waals surface area contributed by atoms with Crippen molar-refractivity contribution in [3.63, 3.8) is 0 Å². The monoisotopic (exact) mass is 358 g/mol. The van der Waals surface area contributed by atoms with Gasteiger partial charge >= 0.3 is 0 Å². The molecule has 1 heterocycles. The van der Waals surface area contributed by atoms with Gasteiger partial charge in [0.15, 0.2) is 0 Å². The van der Waals surface area contributed by atoms with E-state index in [4.69, 9.17) is 0 Å². The lowest BCUT2D eigenvalue weighted by Gasteiger charge is -2.32. The maximum Gasteiger partial charge on any atom is 0.0909 e. The van der Waals surface area contributed by atoms with E-state index in [0.717, 1.165) is 54.5 Å². The Morgan fingerprint density at radius 2 is 1.86 bits per heavy atom.